The monoisotopic (exact) mass is 240 g/mol. The van der Waals surface area contributed by atoms with Crippen molar-refractivity contribution in [3.8, 4) is 0 Å². The van der Waals surface area contributed by atoms with Crippen LogP contribution in [0.5, 0.6) is 0 Å². The van der Waals surface area contributed by atoms with Gasteiger partial charge in [-0.05, 0) is 26.2 Å². The molecule has 16 heavy (non-hydrogen) atoms. The Hall–Kier alpha value is -0.0600. The third-order valence-corrected chi connectivity index (χ3v) is 1.85. The molecule has 0 amide bonds. The Morgan fingerprint density at radius 2 is 1.38 bits per heavy atom. The summed E-state index contributed by atoms with van der Waals surface area (Å²) in [7, 11) is 0. The Balaban J connectivity index is 0. The van der Waals surface area contributed by atoms with E-state index in [0.717, 1.165) is 0 Å². The SMILES string of the molecule is CCOC(=O)C(CC(C)C)C(=O)OCC.[NaH]. The van der Waals surface area contributed by atoms with Gasteiger partial charge in [-0.15, -0.1) is 0 Å². The number of hydrogen-bond acceptors (Lipinski definition) is 4. The molecule has 0 aromatic rings. The number of rotatable bonds is 6. The van der Waals surface area contributed by atoms with Gasteiger partial charge >= 0.3 is 41.5 Å². The van der Waals surface area contributed by atoms with Crippen molar-refractivity contribution in [3.05, 3.63) is 0 Å². The van der Waals surface area contributed by atoms with E-state index >= 15 is 0 Å². The first kappa shape index (κ1) is 18.3. The number of esters is 2. The Morgan fingerprint density at radius 1 is 1.00 bits per heavy atom. The molecule has 0 radical (unpaired) electrons. The molecule has 0 spiro atoms. The van der Waals surface area contributed by atoms with E-state index in [1.165, 1.54) is 0 Å². The molecule has 0 N–H and O–H groups in total. The molecule has 0 saturated carbocycles. The third-order valence-electron chi connectivity index (χ3n) is 1.85. The van der Waals surface area contributed by atoms with Crippen molar-refractivity contribution in [1.29, 1.82) is 0 Å². The second-order valence-electron chi connectivity index (χ2n) is 3.69. The summed E-state index contributed by atoms with van der Waals surface area (Å²) in [6.45, 7) is 7.90. The average Bonchev–Trinajstić information content (AvgIpc) is 2.14. The molecule has 4 nitrogen and oxygen atoms in total. The number of ether oxygens (including phenoxy) is 2. The van der Waals surface area contributed by atoms with Crippen molar-refractivity contribution in [1.82, 2.24) is 0 Å². The standard InChI is InChI=1S/C11H20O4.Na.H/c1-5-14-10(12)9(7-8(3)4)11(13)15-6-2;;/h8-9H,5-7H2,1-4H3;;. The van der Waals surface area contributed by atoms with Gasteiger partial charge in [-0.25, -0.2) is 0 Å². The van der Waals surface area contributed by atoms with Gasteiger partial charge in [-0.1, -0.05) is 13.8 Å². The second-order valence-corrected chi connectivity index (χ2v) is 3.69. The van der Waals surface area contributed by atoms with E-state index in [1.54, 1.807) is 13.8 Å². The Morgan fingerprint density at radius 3 is 1.62 bits per heavy atom. The molecule has 0 rings (SSSR count). The minimum atomic E-state index is -0.773. The molecular formula is C11H21NaO4. The minimum absolute atomic E-state index is 0. The number of hydrogen-bond donors (Lipinski definition) is 0. The van der Waals surface area contributed by atoms with Crippen LogP contribution in [-0.2, 0) is 19.1 Å². The van der Waals surface area contributed by atoms with Crippen molar-refractivity contribution < 1.29 is 19.1 Å². The summed E-state index contributed by atoms with van der Waals surface area (Å²) in [5.41, 5.74) is 0. The summed E-state index contributed by atoms with van der Waals surface area (Å²) < 4.78 is 9.67. The summed E-state index contributed by atoms with van der Waals surface area (Å²) in [4.78, 5) is 22.9. The van der Waals surface area contributed by atoms with Gasteiger partial charge in [0.2, 0.25) is 0 Å². The number of carbonyl (C=O) groups is 2. The normalized spacial score (nSPS) is 9.88. The second kappa shape index (κ2) is 10.1. The van der Waals surface area contributed by atoms with E-state index < -0.39 is 17.9 Å². The predicted octanol–water partition coefficient (Wildman–Crippen LogP) is 1.13. The molecule has 0 atom stereocenters. The van der Waals surface area contributed by atoms with Crippen LogP contribution in [0.3, 0.4) is 0 Å². The first-order valence-corrected chi connectivity index (χ1v) is 5.36. The summed E-state index contributed by atoms with van der Waals surface area (Å²) >= 11 is 0. The fraction of sp³-hybridized carbons (Fsp3) is 0.818. The van der Waals surface area contributed by atoms with Gasteiger partial charge in [0.1, 0.15) is 0 Å². The van der Waals surface area contributed by atoms with Crippen LogP contribution in [0.15, 0.2) is 0 Å². The average molecular weight is 240 g/mol. The Kier molecular flexibility index (Phi) is 11.6. The topological polar surface area (TPSA) is 52.6 Å². The summed E-state index contributed by atoms with van der Waals surface area (Å²) in [6.07, 6.45) is 0.470. The fourth-order valence-electron chi connectivity index (χ4n) is 1.25. The predicted molar refractivity (Wildman–Crippen MR) is 63.4 cm³/mol. The zero-order chi connectivity index (χ0) is 11.8. The molecular weight excluding hydrogens is 219 g/mol. The molecule has 0 unspecified atom stereocenters. The van der Waals surface area contributed by atoms with Crippen molar-refractivity contribution in [2.75, 3.05) is 13.2 Å². The summed E-state index contributed by atoms with van der Waals surface area (Å²) in [5.74, 6) is -1.48. The molecule has 0 aliphatic rings. The van der Waals surface area contributed by atoms with Gasteiger partial charge in [0.25, 0.3) is 0 Å². The van der Waals surface area contributed by atoms with E-state index in [2.05, 4.69) is 0 Å². The quantitative estimate of drug-likeness (QED) is 0.397. The van der Waals surface area contributed by atoms with Crippen molar-refractivity contribution in [2.45, 2.75) is 34.1 Å². The zero-order valence-corrected chi connectivity index (χ0v) is 9.91. The molecule has 0 fully saturated rings. The molecule has 0 heterocycles. The van der Waals surface area contributed by atoms with Gasteiger partial charge in [-0.2, -0.15) is 0 Å². The first-order chi connectivity index (χ1) is 7.02. The van der Waals surface area contributed by atoms with Crippen LogP contribution in [0.1, 0.15) is 34.1 Å². The van der Waals surface area contributed by atoms with E-state index in [4.69, 9.17) is 9.47 Å². The van der Waals surface area contributed by atoms with Crippen LogP contribution in [0.25, 0.3) is 0 Å². The van der Waals surface area contributed by atoms with E-state index in [-0.39, 0.29) is 48.7 Å². The molecule has 90 valence electrons. The summed E-state index contributed by atoms with van der Waals surface area (Å²) in [6, 6.07) is 0. The molecule has 0 aromatic carbocycles. The van der Waals surface area contributed by atoms with Gasteiger partial charge in [0.15, 0.2) is 5.92 Å². The zero-order valence-electron chi connectivity index (χ0n) is 9.91. The van der Waals surface area contributed by atoms with E-state index in [0.29, 0.717) is 6.42 Å². The maximum absolute atomic E-state index is 11.5. The van der Waals surface area contributed by atoms with Crippen molar-refractivity contribution in [3.63, 3.8) is 0 Å². The van der Waals surface area contributed by atoms with Gasteiger partial charge in [0.05, 0.1) is 13.2 Å². The van der Waals surface area contributed by atoms with Crippen molar-refractivity contribution >= 4 is 41.5 Å². The molecule has 0 saturated heterocycles. The van der Waals surface area contributed by atoms with Crippen LogP contribution in [-0.4, -0.2) is 54.7 Å². The fourth-order valence-corrected chi connectivity index (χ4v) is 1.25. The van der Waals surface area contributed by atoms with Crippen LogP contribution < -0.4 is 0 Å². The Bertz CT molecular complexity index is 198. The van der Waals surface area contributed by atoms with Gasteiger partial charge in [0, 0.05) is 0 Å². The van der Waals surface area contributed by atoms with Gasteiger partial charge in [-0.3, -0.25) is 9.59 Å². The van der Waals surface area contributed by atoms with Crippen LogP contribution in [0.2, 0.25) is 0 Å². The first-order valence-electron chi connectivity index (χ1n) is 5.36. The van der Waals surface area contributed by atoms with Gasteiger partial charge < -0.3 is 9.47 Å². The van der Waals surface area contributed by atoms with Crippen LogP contribution in [0, 0.1) is 11.8 Å². The summed E-state index contributed by atoms with van der Waals surface area (Å²) in [5, 5.41) is 0. The molecule has 5 heteroatoms. The molecule has 0 bridgehead atoms. The Labute approximate surface area is 119 Å². The molecule has 0 aliphatic carbocycles. The molecule has 0 aromatic heterocycles. The third kappa shape index (κ3) is 7.25. The van der Waals surface area contributed by atoms with Crippen LogP contribution >= 0.6 is 0 Å². The molecule has 0 aliphatic heterocycles. The van der Waals surface area contributed by atoms with E-state index in [9.17, 15) is 9.59 Å². The maximum atomic E-state index is 11.5. The van der Waals surface area contributed by atoms with Crippen molar-refractivity contribution in [2.24, 2.45) is 11.8 Å². The number of carbonyl (C=O) groups excluding carboxylic acids is 2. The van der Waals surface area contributed by atoms with Crippen LogP contribution in [0.4, 0.5) is 0 Å². The van der Waals surface area contributed by atoms with E-state index in [1.807, 2.05) is 13.8 Å².